The van der Waals surface area contributed by atoms with Crippen LogP contribution in [0.5, 0.6) is 0 Å². The molecule has 1 heterocycles. The number of rotatable bonds is 16. The molecular formula is C21H40O5. The number of aliphatic hydroxyl groups excluding tert-OH is 3. The summed E-state index contributed by atoms with van der Waals surface area (Å²) in [4.78, 5) is 0. The molecule has 4 atom stereocenters. The number of hydrogen-bond acceptors (Lipinski definition) is 5. The molecule has 0 amide bonds. The molecule has 0 saturated carbocycles. The molecule has 0 aromatic carbocycles. The number of aliphatic hydroxyl groups is 3. The maximum absolute atomic E-state index is 9.90. The van der Waals surface area contributed by atoms with E-state index in [9.17, 15) is 15.3 Å². The highest BCUT2D eigenvalue weighted by Gasteiger charge is 2.39. The van der Waals surface area contributed by atoms with Gasteiger partial charge in [-0.15, -0.1) is 0 Å². The first-order chi connectivity index (χ1) is 12.7. The Morgan fingerprint density at radius 1 is 0.962 bits per heavy atom. The maximum Gasteiger partial charge on any atom is 0.114 e. The second kappa shape index (κ2) is 15.6. The number of unbranched alkanes of at least 4 members (excludes halogenated alkanes) is 10. The predicted molar refractivity (Wildman–Crippen MR) is 104 cm³/mol. The van der Waals surface area contributed by atoms with Crippen LogP contribution in [-0.4, -0.2) is 59.6 Å². The quantitative estimate of drug-likeness (QED) is 0.286. The summed E-state index contributed by atoms with van der Waals surface area (Å²) in [5, 5.41) is 28.9. The highest BCUT2D eigenvalue weighted by atomic mass is 16.5. The fourth-order valence-electron chi connectivity index (χ4n) is 3.25. The molecule has 0 aromatic rings. The van der Waals surface area contributed by atoms with E-state index in [1.807, 2.05) is 6.08 Å². The van der Waals surface area contributed by atoms with Gasteiger partial charge in [-0.2, -0.15) is 0 Å². The van der Waals surface area contributed by atoms with E-state index >= 15 is 0 Å². The Morgan fingerprint density at radius 3 is 2.15 bits per heavy atom. The molecule has 0 aliphatic carbocycles. The zero-order valence-electron chi connectivity index (χ0n) is 16.5. The lowest BCUT2D eigenvalue weighted by Crippen LogP contribution is -2.40. The first-order valence-corrected chi connectivity index (χ1v) is 10.5. The van der Waals surface area contributed by atoms with Gasteiger partial charge < -0.3 is 24.8 Å². The van der Waals surface area contributed by atoms with Crippen LogP contribution in [0.4, 0.5) is 0 Å². The third-order valence-corrected chi connectivity index (χ3v) is 4.96. The number of hydrogen-bond donors (Lipinski definition) is 3. The Labute approximate surface area is 159 Å². The van der Waals surface area contributed by atoms with Gasteiger partial charge in [-0.25, -0.2) is 0 Å². The molecule has 1 saturated heterocycles. The van der Waals surface area contributed by atoms with Crippen LogP contribution in [0, 0.1) is 0 Å². The van der Waals surface area contributed by atoms with Gasteiger partial charge in [0.05, 0.1) is 19.8 Å². The van der Waals surface area contributed by atoms with E-state index in [-0.39, 0.29) is 13.2 Å². The lowest BCUT2D eigenvalue weighted by molar-refractivity contribution is -0.0782. The van der Waals surface area contributed by atoms with E-state index in [4.69, 9.17) is 9.47 Å². The predicted octanol–water partition coefficient (Wildman–Crippen LogP) is 3.35. The van der Waals surface area contributed by atoms with Gasteiger partial charge in [0, 0.05) is 0 Å². The van der Waals surface area contributed by atoms with Gasteiger partial charge in [-0.3, -0.25) is 0 Å². The Morgan fingerprint density at radius 2 is 1.58 bits per heavy atom. The Balaban J connectivity index is 1.85. The third kappa shape index (κ3) is 10.6. The molecule has 0 bridgehead atoms. The molecule has 5 nitrogen and oxygen atoms in total. The summed E-state index contributed by atoms with van der Waals surface area (Å²) < 4.78 is 10.5. The van der Waals surface area contributed by atoms with Gasteiger partial charge in [0.1, 0.15) is 24.4 Å². The van der Waals surface area contributed by atoms with Crippen LogP contribution in [0.25, 0.3) is 0 Å². The van der Waals surface area contributed by atoms with E-state index in [2.05, 4.69) is 13.0 Å². The van der Waals surface area contributed by atoms with Crippen molar-refractivity contribution in [2.24, 2.45) is 0 Å². The fraction of sp³-hybridized carbons (Fsp3) is 0.905. The molecule has 5 heteroatoms. The lowest BCUT2D eigenvalue weighted by Gasteiger charge is -2.20. The van der Waals surface area contributed by atoms with Crippen molar-refractivity contribution in [1.29, 1.82) is 0 Å². The minimum Gasteiger partial charge on any atom is -0.388 e. The summed E-state index contributed by atoms with van der Waals surface area (Å²) in [5.74, 6) is 0. The number of ether oxygens (including phenoxy) is 2. The molecule has 1 rings (SSSR count). The lowest BCUT2D eigenvalue weighted by atomic mass is 10.1. The fourth-order valence-corrected chi connectivity index (χ4v) is 3.25. The largest absolute Gasteiger partial charge is 0.388 e. The Kier molecular flexibility index (Phi) is 14.1. The molecule has 1 aliphatic heterocycles. The maximum atomic E-state index is 9.90. The Hall–Kier alpha value is -0.460. The van der Waals surface area contributed by atoms with Crippen molar-refractivity contribution >= 4 is 0 Å². The molecule has 0 aromatic heterocycles. The van der Waals surface area contributed by atoms with Crippen molar-refractivity contribution in [1.82, 2.24) is 0 Å². The molecule has 0 unspecified atom stereocenters. The van der Waals surface area contributed by atoms with Crippen LogP contribution < -0.4 is 0 Å². The molecule has 3 N–H and O–H groups in total. The zero-order chi connectivity index (χ0) is 19.0. The topological polar surface area (TPSA) is 79.2 Å². The minimum atomic E-state index is -1.04. The van der Waals surface area contributed by atoms with E-state index in [0.717, 1.165) is 6.42 Å². The van der Waals surface area contributed by atoms with Crippen molar-refractivity contribution in [3.8, 4) is 0 Å². The van der Waals surface area contributed by atoms with Crippen LogP contribution in [0.1, 0.15) is 77.6 Å². The first-order valence-electron chi connectivity index (χ1n) is 10.5. The summed E-state index contributed by atoms with van der Waals surface area (Å²) >= 11 is 0. The Bertz CT molecular complexity index is 347. The van der Waals surface area contributed by atoms with Gasteiger partial charge in [0.25, 0.3) is 0 Å². The molecule has 1 fully saturated rings. The van der Waals surface area contributed by atoms with Crippen molar-refractivity contribution in [3.05, 3.63) is 12.2 Å². The average Bonchev–Trinajstić information content (AvgIpc) is 2.97. The second-order valence-corrected chi connectivity index (χ2v) is 7.40. The zero-order valence-corrected chi connectivity index (χ0v) is 16.5. The van der Waals surface area contributed by atoms with Crippen LogP contribution >= 0.6 is 0 Å². The van der Waals surface area contributed by atoms with Crippen LogP contribution in [0.3, 0.4) is 0 Å². The van der Waals surface area contributed by atoms with Crippen LogP contribution in [-0.2, 0) is 9.47 Å². The third-order valence-electron chi connectivity index (χ3n) is 4.96. The highest BCUT2D eigenvalue weighted by molar-refractivity contribution is 4.88. The van der Waals surface area contributed by atoms with Crippen LogP contribution in [0.2, 0.25) is 0 Å². The SMILES string of the molecule is CCCCCCCCCCCC/C=C/COC[C@H](O)[C@@H]1OC[C@@H](O)[C@@H]1O. The molecule has 0 spiro atoms. The van der Waals surface area contributed by atoms with Gasteiger partial charge in [0.2, 0.25) is 0 Å². The smallest absolute Gasteiger partial charge is 0.114 e. The molecular weight excluding hydrogens is 332 g/mol. The van der Waals surface area contributed by atoms with Gasteiger partial charge in [-0.1, -0.05) is 76.9 Å². The molecule has 0 radical (unpaired) electrons. The van der Waals surface area contributed by atoms with Crippen molar-refractivity contribution in [3.63, 3.8) is 0 Å². The van der Waals surface area contributed by atoms with Crippen molar-refractivity contribution in [2.45, 2.75) is 102 Å². The summed E-state index contributed by atoms with van der Waals surface area (Å²) in [6.45, 7) is 2.85. The summed E-state index contributed by atoms with van der Waals surface area (Å²) in [7, 11) is 0. The van der Waals surface area contributed by atoms with Gasteiger partial charge >= 0.3 is 0 Å². The van der Waals surface area contributed by atoms with Crippen molar-refractivity contribution < 1.29 is 24.8 Å². The van der Waals surface area contributed by atoms with Gasteiger partial charge in [-0.05, 0) is 12.8 Å². The highest BCUT2D eigenvalue weighted by Crippen LogP contribution is 2.17. The van der Waals surface area contributed by atoms with E-state index in [0.29, 0.717) is 6.61 Å². The average molecular weight is 373 g/mol. The van der Waals surface area contributed by atoms with E-state index in [1.165, 1.54) is 64.2 Å². The second-order valence-electron chi connectivity index (χ2n) is 7.40. The normalized spacial score (nSPS) is 24.5. The first kappa shape index (κ1) is 23.6. The van der Waals surface area contributed by atoms with E-state index in [1.54, 1.807) is 0 Å². The van der Waals surface area contributed by atoms with E-state index < -0.39 is 24.4 Å². The van der Waals surface area contributed by atoms with Gasteiger partial charge in [0.15, 0.2) is 0 Å². The number of allylic oxidation sites excluding steroid dienone is 1. The summed E-state index contributed by atoms with van der Waals surface area (Å²) in [5.41, 5.74) is 0. The minimum absolute atomic E-state index is 0.0572. The summed E-state index contributed by atoms with van der Waals surface area (Å²) in [6, 6.07) is 0. The monoisotopic (exact) mass is 372 g/mol. The molecule has 1 aliphatic rings. The molecule has 154 valence electrons. The van der Waals surface area contributed by atoms with Crippen LogP contribution in [0.15, 0.2) is 12.2 Å². The summed E-state index contributed by atoms with van der Waals surface area (Å²) in [6.07, 6.45) is 15.0. The van der Waals surface area contributed by atoms with Crippen molar-refractivity contribution in [2.75, 3.05) is 19.8 Å². The molecule has 26 heavy (non-hydrogen) atoms. The standard InChI is InChI=1S/C21H40O5/c1-2-3-4-5-6-7-8-9-10-11-12-13-14-15-25-16-19(23)21-20(24)18(22)17-26-21/h13-14,18-24H,2-12,15-17H2,1H3/b14-13+/t18-,19+,20+,21+/m1/s1.